The van der Waals surface area contributed by atoms with Gasteiger partial charge >= 0.3 is 0 Å². The Balaban J connectivity index is 1.87. The number of hydrogen-bond acceptors (Lipinski definition) is 5. The molecule has 1 aliphatic rings. The van der Waals surface area contributed by atoms with E-state index < -0.39 is 10.8 Å². The van der Waals surface area contributed by atoms with E-state index in [0.717, 1.165) is 39.5 Å². The van der Waals surface area contributed by atoms with Crippen molar-refractivity contribution in [3.05, 3.63) is 71.9 Å². The SMILES string of the molecule is CN=C(C=CN)c1ccc(S(=O)c2cccc(C3(CN)CCOCC3)c2)cc1. The molecule has 28 heavy (non-hydrogen) atoms. The van der Waals surface area contributed by atoms with E-state index in [2.05, 4.69) is 11.1 Å². The van der Waals surface area contributed by atoms with Gasteiger partial charge < -0.3 is 16.2 Å². The first-order valence-electron chi connectivity index (χ1n) is 9.39. The molecule has 1 heterocycles. The number of hydrogen-bond donors (Lipinski definition) is 2. The van der Waals surface area contributed by atoms with E-state index in [1.807, 2.05) is 42.5 Å². The molecule has 1 unspecified atom stereocenters. The summed E-state index contributed by atoms with van der Waals surface area (Å²) in [7, 11) is 0.455. The molecule has 0 amide bonds. The quantitative estimate of drug-likeness (QED) is 0.733. The Labute approximate surface area is 169 Å². The third-order valence-electron chi connectivity index (χ3n) is 5.36. The third kappa shape index (κ3) is 4.24. The number of allylic oxidation sites excluding steroid dienone is 1. The molecule has 0 saturated carbocycles. The first-order chi connectivity index (χ1) is 13.6. The summed E-state index contributed by atoms with van der Waals surface area (Å²) >= 11 is 0. The van der Waals surface area contributed by atoms with Crippen LogP contribution in [-0.4, -0.2) is 36.7 Å². The van der Waals surface area contributed by atoms with Crippen molar-refractivity contribution in [2.75, 3.05) is 26.8 Å². The maximum absolute atomic E-state index is 13.1. The summed E-state index contributed by atoms with van der Waals surface area (Å²) in [5.41, 5.74) is 14.4. The number of aliphatic imine (C=N–C) groups is 1. The summed E-state index contributed by atoms with van der Waals surface area (Å²) in [6.45, 7) is 1.99. The molecule has 1 fully saturated rings. The lowest BCUT2D eigenvalue weighted by molar-refractivity contribution is 0.0529. The van der Waals surface area contributed by atoms with E-state index in [-0.39, 0.29) is 5.41 Å². The number of ether oxygens (including phenoxy) is 1. The molecule has 1 aliphatic heterocycles. The van der Waals surface area contributed by atoms with Crippen LogP contribution < -0.4 is 11.5 Å². The molecular weight excluding hydrogens is 370 g/mol. The minimum absolute atomic E-state index is 0.0939. The summed E-state index contributed by atoms with van der Waals surface area (Å²) in [5.74, 6) is 0. The van der Waals surface area contributed by atoms with E-state index >= 15 is 0 Å². The van der Waals surface area contributed by atoms with Gasteiger partial charge in [-0.15, -0.1) is 0 Å². The molecule has 5 nitrogen and oxygen atoms in total. The molecule has 2 aromatic carbocycles. The molecule has 0 spiro atoms. The highest BCUT2D eigenvalue weighted by atomic mass is 32.2. The van der Waals surface area contributed by atoms with Crippen molar-refractivity contribution in [3.8, 4) is 0 Å². The molecule has 3 rings (SSSR count). The molecule has 1 atom stereocenters. The zero-order chi connectivity index (χ0) is 20.0. The van der Waals surface area contributed by atoms with Crippen molar-refractivity contribution in [3.63, 3.8) is 0 Å². The molecule has 2 aromatic rings. The molecule has 0 radical (unpaired) electrons. The van der Waals surface area contributed by atoms with Crippen LogP contribution in [0.25, 0.3) is 0 Å². The largest absolute Gasteiger partial charge is 0.405 e. The van der Waals surface area contributed by atoms with Gasteiger partial charge in [0.15, 0.2) is 0 Å². The highest BCUT2D eigenvalue weighted by molar-refractivity contribution is 7.85. The zero-order valence-electron chi connectivity index (χ0n) is 16.1. The number of benzene rings is 2. The van der Waals surface area contributed by atoms with Crippen LogP contribution in [0.1, 0.15) is 24.0 Å². The second kappa shape index (κ2) is 9.28. The summed E-state index contributed by atoms with van der Waals surface area (Å²) in [4.78, 5) is 5.75. The molecule has 0 aromatic heterocycles. The van der Waals surface area contributed by atoms with Crippen molar-refractivity contribution < 1.29 is 8.95 Å². The normalized spacial score (nSPS) is 18.3. The average molecular weight is 398 g/mol. The summed E-state index contributed by atoms with van der Waals surface area (Å²) in [6, 6.07) is 15.6. The minimum Gasteiger partial charge on any atom is -0.405 e. The fourth-order valence-electron chi connectivity index (χ4n) is 3.59. The van der Waals surface area contributed by atoms with Gasteiger partial charge in [-0.1, -0.05) is 24.3 Å². The molecular formula is C22H27N3O2S. The van der Waals surface area contributed by atoms with Crippen LogP contribution in [0, 0.1) is 0 Å². The van der Waals surface area contributed by atoms with E-state index in [9.17, 15) is 4.21 Å². The summed E-state index contributed by atoms with van der Waals surface area (Å²) in [5, 5.41) is 0. The molecule has 4 N–H and O–H groups in total. The van der Waals surface area contributed by atoms with Gasteiger partial charge in [-0.3, -0.25) is 4.99 Å². The van der Waals surface area contributed by atoms with Crippen molar-refractivity contribution in [2.45, 2.75) is 28.0 Å². The first kappa shape index (κ1) is 20.5. The van der Waals surface area contributed by atoms with Crippen molar-refractivity contribution in [1.82, 2.24) is 0 Å². The molecule has 0 aliphatic carbocycles. The first-order valence-corrected chi connectivity index (χ1v) is 10.5. The Kier molecular flexibility index (Phi) is 6.78. The van der Waals surface area contributed by atoms with E-state index in [0.29, 0.717) is 19.8 Å². The van der Waals surface area contributed by atoms with Gasteiger partial charge in [0.05, 0.1) is 16.5 Å². The van der Waals surface area contributed by atoms with Gasteiger partial charge in [-0.05, 0) is 60.5 Å². The highest BCUT2D eigenvalue weighted by Gasteiger charge is 2.33. The zero-order valence-corrected chi connectivity index (χ0v) is 17.0. The maximum Gasteiger partial charge on any atom is 0.0849 e. The Morgan fingerprint density at radius 1 is 1.18 bits per heavy atom. The Hall–Kier alpha value is -2.28. The van der Waals surface area contributed by atoms with Crippen LogP contribution in [0.15, 0.2) is 75.6 Å². The van der Waals surface area contributed by atoms with Crippen LogP contribution in [0.3, 0.4) is 0 Å². The molecule has 6 heteroatoms. The van der Waals surface area contributed by atoms with E-state index in [1.165, 1.54) is 6.20 Å². The van der Waals surface area contributed by atoms with Gasteiger partial charge in [0.2, 0.25) is 0 Å². The molecule has 0 bridgehead atoms. The lowest BCUT2D eigenvalue weighted by Gasteiger charge is -2.36. The Bertz CT molecular complexity index is 885. The monoisotopic (exact) mass is 397 g/mol. The van der Waals surface area contributed by atoms with Crippen molar-refractivity contribution >= 4 is 16.5 Å². The van der Waals surface area contributed by atoms with Gasteiger partial charge in [0, 0.05) is 42.0 Å². The van der Waals surface area contributed by atoms with E-state index in [4.69, 9.17) is 16.2 Å². The van der Waals surface area contributed by atoms with Crippen LogP contribution in [0.2, 0.25) is 0 Å². The van der Waals surface area contributed by atoms with Gasteiger partial charge in [0.1, 0.15) is 0 Å². The predicted octanol–water partition coefficient (Wildman–Crippen LogP) is 2.75. The highest BCUT2D eigenvalue weighted by Crippen LogP contribution is 2.35. The third-order valence-corrected chi connectivity index (χ3v) is 6.74. The number of nitrogens with zero attached hydrogens (tertiary/aromatic N) is 1. The lowest BCUT2D eigenvalue weighted by atomic mass is 9.74. The number of nitrogens with two attached hydrogens (primary N) is 2. The van der Waals surface area contributed by atoms with Crippen LogP contribution in [0.4, 0.5) is 0 Å². The lowest BCUT2D eigenvalue weighted by Crippen LogP contribution is -2.40. The minimum atomic E-state index is -1.26. The molecule has 1 saturated heterocycles. The van der Waals surface area contributed by atoms with Crippen molar-refractivity contribution in [2.24, 2.45) is 16.5 Å². The predicted molar refractivity (Wildman–Crippen MR) is 114 cm³/mol. The second-order valence-electron chi connectivity index (χ2n) is 6.89. The smallest absolute Gasteiger partial charge is 0.0849 e. The Morgan fingerprint density at radius 3 is 2.50 bits per heavy atom. The maximum atomic E-state index is 13.1. The van der Waals surface area contributed by atoms with E-state index in [1.54, 1.807) is 13.1 Å². The topological polar surface area (TPSA) is 90.7 Å². The number of rotatable bonds is 6. The van der Waals surface area contributed by atoms with Crippen molar-refractivity contribution in [1.29, 1.82) is 0 Å². The average Bonchev–Trinajstić information content (AvgIpc) is 2.77. The Morgan fingerprint density at radius 2 is 1.89 bits per heavy atom. The van der Waals surface area contributed by atoms with Gasteiger partial charge in [0.25, 0.3) is 0 Å². The summed E-state index contributed by atoms with van der Waals surface area (Å²) < 4.78 is 18.7. The summed E-state index contributed by atoms with van der Waals surface area (Å²) in [6.07, 6.45) is 4.99. The van der Waals surface area contributed by atoms with Gasteiger partial charge in [-0.2, -0.15) is 0 Å². The van der Waals surface area contributed by atoms with Crippen LogP contribution >= 0.6 is 0 Å². The van der Waals surface area contributed by atoms with Crippen LogP contribution in [0.5, 0.6) is 0 Å². The van der Waals surface area contributed by atoms with Crippen LogP contribution in [-0.2, 0) is 21.0 Å². The molecule has 148 valence electrons. The standard InChI is InChI=1S/C22H27N3O2S/c1-25-21(9-12-23)17-5-7-19(8-6-17)28(26)20-4-2-3-18(15-20)22(16-24)10-13-27-14-11-22/h2-9,12,15H,10-11,13-14,16,23-24H2,1H3. The second-order valence-corrected chi connectivity index (χ2v) is 8.37. The van der Waals surface area contributed by atoms with Gasteiger partial charge in [-0.25, -0.2) is 4.21 Å². The fourth-order valence-corrected chi connectivity index (χ4v) is 4.68. The fraction of sp³-hybridized carbons (Fsp3) is 0.318.